The van der Waals surface area contributed by atoms with Gasteiger partial charge in [-0.1, -0.05) is 12.1 Å². The van der Waals surface area contributed by atoms with Gasteiger partial charge in [-0.3, -0.25) is 19.8 Å². The molecule has 188 valence electrons. The number of hydrogen-bond donors (Lipinski definition) is 1. The normalized spacial score (nSPS) is 15.4. The number of rotatable bonds is 7. The maximum atomic E-state index is 12.8. The van der Waals surface area contributed by atoms with Crippen molar-refractivity contribution in [2.75, 3.05) is 7.05 Å². The Balaban J connectivity index is 1.51. The van der Waals surface area contributed by atoms with E-state index in [2.05, 4.69) is 36.9 Å². The number of nitrogens with zero attached hydrogens (tertiary/aromatic N) is 3. The summed E-state index contributed by atoms with van der Waals surface area (Å²) >= 11 is 8.20. The minimum Gasteiger partial charge on any atom is -0.487 e. The van der Waals surface area contributed by atoms with Crippen molar-refractivity contribution in [3.05, 3.63) is 101 Å². The molecule has 9 nitrogen and oxygen atoms in total. The summed E-state index contributed by atoms with van der Waals surface area (Å²) < 4.78 is 7.15. The Hall–Kier alpha value is -3.48. The molecule has 0 spiro atoms. The lowest BCUT2D eigenvalue weighted by molar-refractivity contribution is -0.384. The summed E-state index contributed by atoms with van der Waals surface area (Å²) in [5.74, 6) is -0.725. The molecule has 0 aromatic heterocycles. The highest BCUT2D eigenvalue weighted by Gasteiger charge is 2.30. The SMILES string of the molecule is CN1C(=O)/C(=C/c2cc(Br)c(OCc3cccc([N+](=O)[O-])c3)c(Br)c2)SC1=Nc1ccc(C(=O)O)cc1. The van der Waals surface area contributed by atoms with Crippen molar-refractivity contribution >= 4 is 78.1 Å². The number of benzene rings is 3. The van der Waals surface area contributed by atoms with Crippen molar-refractivity contribution in [1.29, 1.82) is 0 Å². The molecule has 0 saturated carbocycles. The topological polar surface area (TPSA) is 122 Å². The Kier molecular flexibility index (Phi) is 8.10. The molecule has 1 saturated heterocycles. The predicted octanol–water partition coefficient (Wildman–Crippen LogP) is 6.63. The van der Waals surface area contributed by atoms with Gasteiger partial charge in [0.2, 0.25) is 0 Å². The van der Waals surface area contributed by atoms with E-state index in [-0.39, 0.29) is 23.8 Å². The summed E-state index contributed by atoms with van der Waals surface area (Å²) in [7, 11) is 1.62. The fourth-order valence-electron chi connectivity index (χ4n) is 3.31. The quantitative estimate of drug-likeness (QED) is 0.174. The minimum atomic E-state index is -1.02. The van der Waals surface area contributed by atoms with Gasteiger partial charge in [0.15, 0.2) is 5.17 Å². The Morgan fingerprint density at radius 1 is 1.16 bits per heavy atom. The van der Waals surface area contributed by atoms with Gasteiger partial charge >= 0.3 is 5.97 Å². The molecule has 1 N–H and O–H groups in total. The lowest BCUT2D eigenvalue weighted by Gasteiger charge is -2.11. The average Bonchev–Trinajstić information content (AvgIpc) is 3.11. The van der Waals surface area contributed by atoms with E-state index in [9.17, 15) is 19.7 Å². The standard InChI is InChI=1S/C25H17Br2N3O6S/c1-29-23(31)21(37-25(29)28-17-7-5-16(6-8-17)24(32)33)12-15-10-19(26)22(20(27)11-15)36-13-14-3-2-4-18(9-14)30(34)35/h2-12H,13H2,1H3,(H,32,33)/b21-12-,28-25?. The number of carboxylic acids is 1. The lowest BCUT2D eigenvalue weighted by atomic mass is 10.2. The van der Waals surface area contributed by atoms with Crippen LogP contribution in [0.1, 0.15) is 21.5 Å². The van der Waals surface area contributed by atoms with Crippen molar-refractivity contribution in [1.82, 2.24) is 4.90 Å². The summed E-state index contributed by atoms with van der Waals surface area (Å²) in [5, 5.41) is 20.5. The third kappa shape index (κ3) is 6.27. The summed E-state index contributed by atoms with van der Waals surface area (Å²) in [6.45, 7) is 0.131. The highest BCUT2D eigenvalue weighted by Crippen LogP contribution is 2.38. The van der Waals surface area contributed by atoms with Gasteiger partial charge in [0.25, 0.3) is 11.6 Å². The fraction of sp³-hybridized carbons (Fsp3) is 0.0800. The van der Waals surface area contributed by atoms with Gasteiger partial charge in [-0.05, 0) is 97.2 Å². The molecule has 0 aliphatic carbocycles. The van der Waals surface area contributed by atoms with Crippen LogP contribution in [0, 0.1) is 10.1 Å². The van der Waals surface area contributed by atoms with Gasteiger partial charge in [-0.2, -0.15) is 0 Å². The Labute approximate surface area is 232 Å². The van der Waals surface area contributed by atoms with Crippen LogP contribution in [-0.2, 0) is 11.4 Å². The van der Waals surface area contributed by atoms with E-state index in [0.29, 0.717) is 36.0 Å². The molecule has 37 heavy (non-hydrogen) atoms. The molecule has 0 radical (unpaired) electrons. The molecule has 1 heterocycles. The highest BCUT2D eigenvalue weighted by atomic mass is 79.9. The van der Waals surface area contributed by atoms with E-state index >= 15 is 0 Å². The number of amidine groups is 1. The number of carbonyl (C=O) groups is 2. The van der Waals surface area contributed by atoms with E-state index in [1.165, 1.54) is 40.9 Å². The van der Waals surface area contributed by atoms with Crippen molar-refractivity contribution in [3.63, 3.8) is 0 Å². The van der Waals surface area contributed by atoms with Crippen LogP contribution >= 0.6 is 43.6 Å². The monoisotopic (exact) mass is 645 g/mol. The van der Waals surface area contributed by atoms with E-state index in [4.69, 9.17) is 9.84 Å². The largest absolute Gasteiger partial charge is 0.487 e. The number of carboxylic acid groups (broad SMARTS) is 1. The first-order chi connectivity index (χ1) is 17.6. The van der Waals surface area contributed by atoms with Crippen molar-refractivity contribution < 1.29 is 24.4 Å². The van der Waals surface area contributed by atoms with Crippen LogP contribution in [0.15, 0.2) is 79.5 Å². The molecule has 3 aromatic rings. The number of aliphatic imine (C=N–C) groups is 1. The maximum Gasteiger partial charge on any atom is 0.335 e. The van der Waals surface area contributed by atoms with E-state index in [1.807, 2.05) is 0 Å². The van der Waals surface area contributed by atoms with Crippen LogP contribution in [0.4, 0.5) is 11.4 Å². The van der Waals surface area contributed by atoms with Crippen molar-refractivity contribution in [3.8, 4) is 5.75 Å². The molecule has 1 amide bonds. The summed E-state index contributed by atoms with van der Waals surface area (Å²) in [5.41, 5.74) is 2.06. The second-order valence-corrected chi connectivity index (χ2v) is 10.5. The molecule has 4 rings (SSSR count). The number of carbonyl (C=O) groups excluding carboxylic acids is 1. The van der Waals surface area contributed by atoms with Gasteiger partial charge in [-0.15, -0.1) is 0 Å². The summed E-state index contributed by atoms with van der Waals surface area (Å²) in [4.78, 5) is 40.8. The van der Waals surface area contributed by atoms with Gasteiger partial charge in [0.1, 0.15) is 12.4 Å². The van der Waals surface area contributed by atoms with Gasteiger partial charge in [0.05, 0.1) is 30.0 Å². The molecule has 1 aliphatic heterocycles. The molecule has 0 unspecified atom stereocenters. The van der Waals surface area contributed by atoms with Gasteiger partial charge in [0, 0.05) is 19.2 Å². The zero-order chi connectivity index (χ0) is 26.7. The van der Waals surface area contributed by atoms with Crippen LogP contribution < -0.4 is 4.74 Å². The number of likely N-dealkylation sites (N-methyl/N-ethyl adjacent to an activating group) is 1. The summed E-state index contributed by atoms with van der Waals surface area (Å²) in [6.07, 6.45) is 1.74. The van der Waals surface area contributed by atoms with E-state index < -0.39 is 10.9 Å². The molecular formula is C25H17Br2N3O6S. The number of amides is 1. The van der Waals surface area contributed by atoms with E-state index in [0.717, 1.165) is 5.56 Å². The molecule has 1 aliphatic rings. The smallest absolute Gasteiger partial charge is 0.335 e. The number of thioether (sulfide) groups is 1. The zero-order valence-corrected chi connectivity index (χ0v) is 23.0. The van der Waals surface area contributed by atoms with Crippen LogP contribution in [-0.4, -0.2) is 39.0 Å². The first-order valence-corrected chi connectivity index (χ1v) is 13.0. The predicted molar refractivity (Wildman–Crippen MR) is 148 cm³/mol. The van der Waals surface area contributed by atoms with E-state index in [1.54, 1.807) is 49.5 Å². The molecule has 1 fully saturated rings. The number of nitro benzene ring substituents is 1. The highest BCUT2D eigenvalue weighted by molar-refractivity contribution is 9.11. The number of nitro groups is 1. The number of aromatic carboxylic acids is 1. The number of non-ortho nitro benzene ring substituents is 1. The third-order valence-corrected chi connectivity index (χ3v) is 7.40. The molecule has 0 atom stereocenters. The van der Waals surface area contributed by atoms with Gasteiger partial charge in [-0.25, -0.2) is 9.79 Å². The van der Waals surface area contributed by atoms with Crippen LogP contribution in [0.5, 0.6) is 5.75 Å². The Morgan fingerprint density at radius 2 is 1.84 bits per heavy atom. The Morgan fingerprint density at radius 3 is 2.46 bits per heavy atom. The second kappa shape index (κ2) is 11.3. The van der Waals surface area contributed by atoms with Crippen LogP contribution in [0.3, 0.4) is 0 Å². The Bertz CT molecular complexity index is 1450. The number of ether oxygens (including phenoxy) is 1. The number of hydrogen-bond acceptors (Lipinski definition) is 7. The van der Waals surface area contributed by atoms with Crippen LogP contribution in [0.25, 0.3) is 6.08 Å². The van der Waals surface area contributed by atoms with Crippen LogP contribution in [0.2, 0.25) is 0 Å². The first kappa shape index (κ1) is 26.6. The van der Waals surface area contributed by atoms with Crippen molar-refractivity contribution in [2.24, 2.45) is 4.99 Å². The average molecular weight is 647 g/mol. The zero-order valence-electron chi connectivity index (χ0n) is 19.1. The second-order valence-electron chi connectivity index (χ2n) is 7.75. The number of halogens is 2. The third-order valence-electron chi connectivity index (χ3n) is 5.17. The molecular weight excluding hydrogens is 630 g/mol. The molecule has 0 bridgehead atoms. The van der Waals surface area contributed by atoms with Crippen molar-refractivity contribution in [2.45, 2.75) is 6.61 Å². The lowest BCUT2D eigenvalue weighted by Crippen LogP contribution is -2.23. The minimum absolute atomic E-state index is 0.00918. The molecule has 3 aromatic carbocycles. The fourth-order valence-corrected chi connectivity index (χ4v) is 5.75. The summed E-state index contributed by atoms with van der Waals surface area (Å²) in [6, 6.07) is 15.9. The van der Waals surface area contributed by atoms with Gasteiger partial charge < -0.3 is 9.84 Å². The maximum absolute atomic E-state index is 12.8. The first-order valence-electron chi connectivity index (χ1n) is 10.6. The molecule has 12 heteroatoms.